The number of Topliss-reactive ketones (excluding diaryl/α,β-unsaturated/α-hetero) is 1. The summed E-state index contributed by atoms with van der Waals surface area (Å²) < 4.78 is 5.35. The van der Waals surface area contributed by atoms with E-state index in [0.717, 1.165) is 45.8 Å². The van der Waals surface area contributed by atoms with E-state index in [9.17, 15) is 9.59 Å². The number of hydrogen-bond acceptors (Lipinski definition) is 5. The van der Waals surface area contributed by atoms with E-state index in [1.54, 1.807) is 26.1 Å². The Balaban J connectivity index is 1.79. The van der Waals surface area contributed by atoms with Crippen LogP contribution in [0.1, 0.15) is 45.6 Å². The normalized spacial score (nSPS) is 16.4. The number of aromatic nitrogens is 1. The van der Waals surface area contributed by atoms with Crippen molar-refractivity contribution in [2.45, 2.75) is 52.8 Å². The minimum absolute atomic E-state index is 0.0282. The minimum atomic E-state index is -0.448. The molecule has 2 atom stereocenters. The lowest BCUT2D eigenvalue weighted by molar-refractivity contribution is -0.139. The first-order valence-electron chi connectivity index (χ1n) is 11.8. The van der Waals surface area contributed by atoms with Crippen molar-refractivity contribution in [1.29, 1.82) is 0 Å². The number of aromatic amines is 1. The van der Waals surface area contributed by atoms with Gasteiger partial charge in [-0.2, -0.15) is 0 Å². The second-order valence-corrected chi connectivity index (χ2v) is 9.39. The van der Waals surface area contributed by atoms with E-state index in [2.05, 4.69) is 54.6 Å². The number of likely N-dealkylation sites (N-methyl/N-ethyl adjacent to an activating group) is 1. The summed E-state index contributed by atoms with van der Waals surface area (Å²) in [4.78, 5) is 30.4. The predicted octanol–water partition coefficient (Wildman–Crippen LogP) is 2.91. The molecule has 2 aromatic rings. The number of carbonyl (C=O) groups is 2. The highest BCUT2D eigenvalue weighted by Crippen LogP contribution is 2.28. The van der Waals surface area contributed by atoms with E-state index in [0.29, 0.717) is 19.5 Å². The van der Waals surface area contributed by atoms with Crippen LogP contribution in [-0.2, 0) is 20.9 Å². The van der Waals surface area contributed by atoms with Crippen LogP contribution >= 0.6 is 0 Å². The van der Waals surface area contributed by atoms with Gasteiger partial charge in [0, 0.05) is 51.3 Å². The van der Waals surface area contributed by atoms with Crippen molar-refractivity contribution in [1.82, 2.24) is 20.5 Å². The molecule has 1 saturated heterocycles. The largest absolute Gasteiger partial charge is 0.372 e. The van der Waals surface area contributed by atoms with E-state index in [1.807, 2.05) is 13.0 Å². The van der Waals surface area contributed by atoms with Crippen molar-refractivity contribution < 1.29 is 14.3 Å². The van der Waals surface area contributed by atoms with Gasteiger partial charge in [-0.3, -0.25) is 9.59 Å². The molecule has 184 valence electrons. The van der Waals surface area contributed by atoms with Gasteiger partial charge in [-0.05, 0) is 69.0 Å². The summed E-state index contributed by atoms with van der Waals surface area (Å²) in [5.74, 6) is 0.107. The fourth-order valence-corrected chi connectivity index (χ4v) is 4.19. The molecule has 1 aliphatic rings. The second-order valence-electron chi connectivity index (χ2n) is 9.39. The molecular weight excluding hydrogens is 428 g/mol. The third kappa shape index (κ3) is 6.03. The van der Waals surface area contributed by atoms with Gasteiger partial charge >= 0.3 is 0 Å². The summed E-state index contributed by atoms with van der Waals surface area (Å²) in [7, 11) is 5.04. The fraction of sp³-hybridized carbons (Fsp3) is 0.481. The smallest absolute Gasteiger partial charge is 0.251 e. The molecule has 3 N–H and O–H groups in total. The third-order valence-corrected chi connectivity index (χ3v) is 6.48. The summed E-state index contributed by atoms with van der Waals surface area (Å²) in [6.07, 6.45) is 2.16. The van der Waals surface area contributed by atoms with E-state index in [-0.39, 0.29) is 17.7 Å². The minimum Gasteiger partial charge on any atom is -0.372 e. The molecule has 34 heavy (non-hydrogen) atoms. The second kappa shape index (κ2) is 11.1. The first-order valence-corrected chi connectivity index (χ1v) is 11.8. The number of ether oxygens (including phenoxy) is 1. The molecule has 1 aromatic carbocycles. The van der Waals surface area contributed by atoms with Crippen LogP contribution in [0.2, 0.25) is 0 Å². The lowest BCUT2D eigenvalue weighted by Crippen LogP contribution is -2.36. The number of aryl methyl sites for hydroxylation is 3. The van der Waals surface area contributed by atoms with Crippen molar-refractivity contribution in [3.63, 3.8) is 0 Å². The summed E-state index contributed by atoms with van der Waals surface area (Å²) in [6, 6.07) is 6.14. The number of benzene rings is 1. The Morgan fingerprint density at radius 1 is 1.24 bits per heavy atom. The molecule has 3 rings (SSSR count). The van der Waals surface area contributed by atoms with Crippen molar-refractivity contribution in [2.24, 2.45) is 0 Å². The summed E-state index contributed by atoms with van der Waals surface area (Å²) in [5, 5.41) is 6.59. The zero-order chi connectivity index (χ0) is 25.0. The summed E-state index contributed by atoms with van der Waals surface area (Å²) in [5.41, 5.74) is 8.28. The maximum absolute atomic E-state index is 13.2. The Labute approximate surface area is 203 Å². The van der Waals surface area contributed by atoms with Crippen LogP contribution in [0.4, 0.5) is 0 Å². The van der Waals surface area contributed by atoms with Crippen LogP contribution in [-0.4, -0.2) is 68.0 Å². The summed E-state index contributed by atoms with van der Waals surface area (Å²) in [6.45, 7) is 10.3. The van der Waals surface area contributed by atoms with Crippen molar-refractivity contribution in [3.05, 3.63) is 57.4 Å². The van der Waals surface area contributed by atoms with E-state index in [1.165, 1.54) is 5.56 Å². The summed E-state index contributed by atoms with van der Waals surface area (Å²) >= 11 is 0. The lowest BCUT2D eigenvalue weighted by Gasteiger charge is -2.19. The predicted molar refractivity (Wildman–Crippen MR) is 137 cm³/mol. The number of amides is 1. The number of methoxy groups -OCH3 is 1. The number of nitrogens with zero attached hydrogens (tertiary/aromatic N) is 1. The molecule has 0 bridgehead atoms. The van der Waals surface area contributed by atoms with Gasteiger partial charge in [-0.1, -0.05) is 23.8 Å². The molecule has 7 nitrogen and oxygen atoms in total. The van der Waals surface area contributed by atoms with Gasteiger partial charge in [0.15, 0.2) is 5.78 Å². The van der Waals surface area contributed by atoms with Gasteiger partial charge < -0.3 is 25.3 Å². The molecule has 1 fully saturated rings. The molecule has 1 unspecified atom stereocenters. The molecule has 0 spiro atoms. The molecule has 1 amide bonds. The monoisotopic (exact) mass is 466 g/mol. The maximum Gasteiger partial charge on any atom is 0.251 e. The van der Waals surface area contributed by atoms with Gasteiger partial charge in [0.05, 0.1) is 6.04 Å². The first-order chi connectivity index (χ1) is 16.1. The molecule has 7 heteroatoms. The van der Waals surface area contributed by atoms with Crippen LogP contribution in [0.15, 0.2) is 18.2 Å². The number of nitrogens with one attached hydrogen (secondary N) is 3. The standard InChI is InChI=1S/C27H38N4O3/c1-16-8-9-17(2)20(12-16)21(26(32)24-15-29-24)13-23-18(3)22(19(4)30-23)14-28-11-10-25(34-7)27(33)31(5)6/h8-9,12-13,24-25,28-30H,10-11,14-15H2,1-7H3/b21-13-/t24?,25-/m0/s1. The van der Waals surface area contributed by atoms with E-state index in [4.69, 9.17) is 4.74 Å². The molecule has 2 heterocycles. The number of H-pyrrole nitrogens is 1. The van der Waals surface area contributed by atoms with Crippen LogP contribution in [0.5, 0.6) is 0 Å². The van der Waals surface area contributed by atoms with E-state index < -0.39 is 6.10 Å². The molecule has 0 radical (unpaired) electrons. The van der Waals surface area contributed by atoms with Crippen molar-refractivity contribution in [3.8, 4) is 0 Å². The van der Waals surface area contributed by atoms with Gasteiger partial charge in [0.1, 0.15) is 6.10 Å². The maximum atomic E-state index is 13.2. The van der Waals surface area contributed by atoms with Gasteiger partial charge in [-0.15, -0.1) is 0 Å². The molecular formula is C27H38N4O3. The lowest BCUT2D eigenvalue weighted by atomic mass is 9.93. The quantitative estimate of drug-likeness (QED) is 0.269. The highest BCUT2D eigenvalue weighted by Gasteiger charge is 2.32. The van der Waals surface area contributed by atoms with Crippen molar-refractivity contribution >= 4 is 23.3 Å². The average molecular weight is 467 g/mol. The topological polar surface area (TPSA) is 96.4 Å². The fourth-order valence-electron chi connectivity index (χ4n) is 4.19. The van der Waals surface area contributed by atoms with Gasteiger partial charge in [0.25, 0.3) is 5.91 Å². The first kappa shape index (κ1) is 25.9. The molecule has 1 aliphatic heterocycles. The van der Waals surface area contributed by atoms with Crippen LogP contribution < -0.4 is 10.6 Å². The van der Waals surface area contributed by atoms with E-state index >= 15 is 0 Å². The number of ketones is 1. The Morgan fingerprint density at radius 2 is 1.94 bits per heavy atom. The molecule has 0 aliphatic carbocycles. The average Bonchev–Trinajstić information content (AvgIpc) is 3.61. The third-order valence-electron chi connectivity index (χ3n) is 6.48. The Hall–Kier alpha value is -2.74. The Bertz CT molecular complexity index is 1080. The zero-order valence-electron chi connectivity index (χ0n) is 21.5. The van der Waals surface area contributed by atoms with Crippen LogP contribution in [0, 0.1) is 27.7 Å². The number of carbonyl (C=O) groups excluding carboxylic acids is 2. The van der Waals surface area contributed by atoms with Crippen LogP contribution in [0.3, 0.4) is 0 Å². The molecule has 0 saturated carbocycles. The van der Waals surface area contributed by atoms with Crippen molar-refractivity contribution in [2.75, 3.05) is 34.3 Å². The highest BCUT2D eigenvalue weighted by atomic mass is 16.5. The Morgan fingerprint density at radius 3 is 2.56 bits per heavy atom. The number of hydrogen-bond donors (Lipinski definition) is 3. The Kier molecular flexibility index (Phi) is 8.47. The van der Waals surface area contributed by atoms with Gasteiger partial charge in [-0.25, -0.2) is 0 Å². The highest BCUT2D eigenvalue weighted by molar-refractivity contribution is 6.28. The zero-order valence-corrected chi connectivity index (χ0v) is 21.5. The van der Waals surface area contributed by atoms with Gasteiger partial charge in [0.2, 0.25) is 0 Å². The number of rotatable bonds is 11. The van der Waals surface area contributed by atoms with Crippen LogP contribution in [0.25, 0.3) is 11.6 Å². The molecule has 1 aromatic heterocycles. The SMILES string of the molecule is CO[C@@H](CCNCc1c(C)[nH]c(/C=C(\C(=O)C2CN2)c2cc(C)ccc2C)c1C)C(=O)N(C)C.